The second kappa shape index (κ2) is 5.13. The molecule has 0 amide bonds. The smallest absolute Gasteiger partial charge is 0.342 e. The number of nitrogens with one attached hydrogen (secondary N) is 3. The molecule has 0 aromatic carbocycles. The highest BCUT2D eigenvalue weighted by atomic mass is 16.3. The Morgan fingerprint density at radius 3 is 2.82 bits per heavy atom. The van der Waals surface area contributed by atoms with Crippen LogP contribution in [0.15, 0.2) is 9.59 Å². The van der Waals surface area contributed by atoms with Gasteiger partial charge in [-0.05, 0) is 12.8 Å². The molecule has 94 valence electrons. The van der Waals surface area contributed by atoms with E-state index >= 15 is 0 Å². The predicted molar refractivity (Wildman–Crippen MR) is 61.9 cm³/mol. The zero-order chi connectivity index (χ0) is 12.3. The van der Waals surface area contributed by atoms with Gasteiger partial charge in [-0.15, -0.1) is 5.10 Å². The van der Waals surface area contributed by atoms with Crippen LogP contribution < -0.4 is 16.6 Å². The van der Waals surface area contributed by atoms with E-state index in [1.807, 2.05) is 0 Å². The van der Waals surface area contributed by atoms with Gasteiger partial charge in [-0.25, -0.2) is 9.89 Å². The van der Waals surface area contributed by atoms with Crippen LogP contribution in [-0.2, 0) is 0 Å². The molecule has 17 heavy (non-hydrogen) atoms. The van der Waals surface area contributed by atoms with E-state index in [1.165, 1.54) is 0 Å². The highest BCUT2D eigenvalue weighted by molar-refractivity contribution is 5.30. The van der Waals surface area contributed by atoms with Gasteiger partial charge in [-0.1, -0.05) is 12.8 Å². The molecule has 0 aliphatic heterocycles. The molecule has 0 radical (unpaired) electrons. The number of H-pyrrole nitrogens is 2. The van der Waals surface area contributed by atoms with Crippen molar-refractivity contribution in [2.45, 2.75) is 31.7 Å². The molecule has 2 atom stereocenters. The quantitative estimate of drug-likeness (QED) is 0.565. The molecular weight excluding hydrogens is 224 g/mol. The summed E-state index contributed by atoms with van der Waals surface area (Å²) >= 11 is 0. The van der Waals surface area contributed by atoms with Crippen molar-refractivity contribution in [1.82, 2.24) is 15.2 Å². The summed E-state index contributed by atoms with van der Waals surface area (Å²) in [4.78, 5) is 24.4. The normalized spacial score (nSPS) is 24.5. The Bertz CT molecular complexity index is 481. The maximum Gasteiger partial charge on any atom is 0.342 e. The fraction of sp³-hybridized carbons (Fsp3) is 0.700. The Morgan fingerprint density at radius 2 is 2.12 bits per heavy atom. The van der Waals surface area contributed by atoms with Gasteiger partial charge in [-0.3, -0.25) is 9.78 Å². The largest absolute Gasteiger partial charge is 0.396 e. The summed E-state index contributed by atoms with van der Waals surface area (Å²) in [5.74, 6) is 0.242. The lowest BCUT2D eigenvalue weighted by Crippen LogP contribution is -2.38. The first-order valence-corrected chi connectivity index (χ1v) is 5.77. The van der Waals surface area contributed by atoms with Gasteiger partial charge in [0.05, 0.1) is 0 Å². The van der Waals surface area contributed by atoms with Crippen LogP contribution in [0.4, 0.5) is 5.82 Å². The molecule has 0 bridgehead atoms. The third-order valence-corrected chi connectivity index (χ3v) is 3.18. The van der Waals surface area contributed by atoms with Crippen molar-refractivity contribution in [1.29, 1.82) is 0 Å². The third kappa shape index (κ3) is 2.73. The minimum Gasteiger partial charge on any atom is -0.396 e. The van der Waals surface area contributed by atoms with E-state index < -0.39 is 11.2 Å². The summed E-state index contributed by atoms with van der Waals surface area (Å²) in [5, 5.41) is 18.1. The van der Waals surface area contributed by atoms with Crippen molar-refractivity contribution in [2.75, 3.05) is 11.9 Å². The summed E-state index contributed by atoms with van der Waals surface area (Å²) in [6, 6.07) is 0.0354. The van der Waals surface area contributed by atoms with Crippen LogP contribution in [0.5, 0.6) is 0 Å². The van der Waals surface area contributed by atoms with E-state index in [2.05, 4.69) is 20.5 Å². The van der Waals surface area contributed by atoms with Crippen LogP contribution in [0.25, 0.3) is 0 Å². The molecule has 0 saturated heterocycles. The van der Waals surface area contributed by atoms with E-state index in [1.54, 1.807) is 0 Å². The van der Waals surface area contributed by atoms with Crippen molar-refractivity contribution >= 4 is 5.82 Å². The monoisotopic (exact) mass is 240 g/mol. The molecule has 0 spiro atoms. The maximum atomic E-state index is 11.4. The van der Waals surface area contributed by atoms with Gasteiger partial charge in [0.2, 0.25) is 5.82 Å². The molecule has 2 unspecified atom stereocenters. The number of anilines is 1. The number of aromatic amines is 2. The summed E-state index contributed by atoms with van der Waals surface area (Å²) < 4.78 is 0. The van der Waals surface area contributed by atoms with Crippen LogP contribution in [0.3, 0.4) is 0 Å². The van der Waals surface area contributed by atoms with E-state index in [0.717, 1.165) is 25.7 Å². The minimum atomic E-state index is -0.622. The van der Waals surface area contributed by atoms with Crippen LogP contribution in [0.2, 0.25) is 0 Å². The second-order valence-electron chi connectivity index (χ2n) is 4.33. The summed E-state index contributed by atoms with van der Waals surface area (Å²) in [5.41, 5.74) is -1.15. The van der Waals surface area contributed by atoms with E-state index in [0.29, 0.717) is 0 Å². The molecule has 7 heteroatoms. The molecule has 1 aliphatic carbocycles. The number of aliphatic hydroxyl groups excluding tert-OH is 1. The minimum absolute atomic E-state index is 0.0354. The molecule has 1 aromatic rings. The van der Waals surface area contributed by atoms with Crippen LogP contribution >= 0.6 is 0 Å². The average Bonchev–Trinajstić information content (AvgIpc) is 2.33. The maximum absolute atomic E-state index is 11.4. The first kappa shape index (κ1) is 11.8. The summed E-state index contributed by atoms with van der Waals surface area (Å²) in [6.45, 7) is 0.0962. The van der Waals surface area contributed by atoms with Gasteiger partial charge in [0, 0.05) is 18.6 Å². The standard InChI is InChI=1S/C10H16N4O3/c15-5-6-3-1-2-4-7(6)11-8-9(16)12-10(17)14-13-8/h6-7,15H,1-5H2,(H,11,13)(H2,12,14,16,17). The van der Waals surface area contributed by atoms with E-state index in [-0.39, 0.29) is 24.4 Å². The summed E-state index contributed by atoms with van der Waals surface area (Å²) in [6.07, 6.45) is 4.00. The Hall–Kier alpha value is -1.63. The Labute approximate surface area is 97.3 Å². The molecule has 1 aliphatic rings. The van der Waals surface area contributed by atoms with Crippen molar-refractivity contribution in [3.05, 3.63) is 20.8 Å². The molecule has 1 fully saturated rings. The van der Waals surface area contributed by atoms with E-state index in [4.69, 9.17) is 0 Å². The fourth-order valence-corrected chi connectivity index (χ4v) is 2.24. The highest BCUT2D eigenvalue weighted by Gasteiger charge is 2.25. The van der Waals surface area contributed by atoms with Crippen LogP contribution in [0.1, 0.15) is 25.7 Å². The van der Waals surface area contributed by atoms with Gasteiger partial charge < -0.3 is 10.4 Å². The van der Waals surface area contributed by atoms with E-state index in [9.17, 15) is 14.7 Å². The zero-order valence-corrected chi connectivity index (χ0v) is 9.40. The van der Waals surface area contributed by atoms with Crippen LogP contribution in [-0.4, -0.2) is 32.9 Å². The molecule has 1 aromatic heterocycles. The number of aliphatic hydroxyl groups is 1. The molecule has 7 nitrogen and oxygen atoms in total. The van der Waals surface area contributed by atoms with Crippen molar-refractivity contribution in [2.24, 2.45) is 5.92 Å². The number of hydrogen-bond donors (Lipinski definition) is 4. The van der Waals surface area contributed by atoms with Crippen molar-refractivity contribution in [3.8, 4) is 0 Å². The van der Waals surface area contributed by atoms with Gasteiger partial charge >= 0.3 is 5.69 Å². The molecule has 4 N–H and O–H groups in total. The van der Waals surface area contributed by atoms with Crippen LogP contribution in [0, 0.1) is 5.92 Å². The van der Waals surface area contributed by atoms with Gasteiger partial charge in [-0.2, -0.15) is 0 Å². The molecule has 1 saturated carbocycles. The van der Waals surface area contributed by atoms with Crippen molar-refractivity contribution in [3.63, 3.8) is 0 Å². The number of nitrogens with zero attached hydrogens (tertiary/aromatic N) is 1. The Kier molecular flexibility index (Phi) is 3.58. The lowest BCUT2D eigenvalue weighted by Gasteiger charge is -2.30. The zero-order valence-electron chi connectivity index (χ0n) is 9.40. The Balaban J connectivity index is 2.13. The molecule has 2 rings (SSSR count). The topological polar surface area (TPSA) is 111 Å². The number of aromatic nitrogens is 3. The first-order chi connectivity index (χ1) is 8.20. The SMILES string of the molecule is O=c1[nH]nc(NC2CCCCC2CO)c(=O)[nH]1. The predicted octanol–water partition coefficient (Wildman–Crippen LogP) is -0.579. The number of hydrogen-bond acceptors (Lipinski definition) is 5. The highest BCUT2D eigenvalue weighted by Crippen LogP contribution is 2.25. The van der Waals surface area contributed by atoms with Crippen molar-refractivity contribution < 1.29 is 5.11 Å². The molecule has 1 heterocycles. The van der Waals surface area contributed by atoms with Gasteiger partial charge in [0.15, 0.2) is 0 Å². The van der Waals surface area contributed by atoms with Gasteiger partial charge in [0.1, 0.15) is 0 Å². The second-order valence-corrected chi connectivity index (χ2v) is 4.33. The first-order valence-electron chi connectivity index (χ1n) is 5.77. The third-order valence-electron chi connectivity index (χ3n) is 3.18. The Morgan fingerprint density at radius 1 is 1.35 bits per heavy atom. The lowest BCUT2D eigenvalue weighted by molar-refractivity contribution is 0.178. The summed E-state index contributed by atoms with van der Waals surface area (Å²) in [7, 11) is 0. The average molecular weight is 240 g/mol. The molecular formula is C10H16N4O3. The van der Waals surface area contributed by atoms with Gasteiger partial charge in [0.25, 0.3) is 5.56 Å². The number of rotatable bonds is 3. The lowest BCUT2D eigenvalue weighted by atomic mass is 9.85. The fourth-order valence-electron chi connectivity index (χ4n) is 2.24.